The molecule has 1 heteroatoms. The molecular weight excluding hydrogens is 175 g/mol. The molecule has 88 valence electrons. The Morgan fingerprint density at radius 1 is 0.615 bits per heavy atom. The minimum atomic E-state index is 1.17. The molecule has 0 aromatic carbocycles. The highest BCUT2D eigenvalue weighted by Crippen LogP contribution is 1.76. The Morgan fingerprint density at radius 2 is 0.692 bits per heavy atom. The molecule has 0 bridgehead atoms. The van der Waals surface area contributed by atoms with E-state index >= 15 is 0 Å². The maximum absolute atomic E-state index is 2.58. The lowest BCUT2D eigenvalue weighted by atomic mass is 10.4. The summed E-state index contributed by atoms with van der Waals surface area (Å²) >= 11 is 0. The number of hydrogen-bond acceptors (Lipinski definition) is 0. The minimum absolute atomic E-state index is 1.17. The van der Waals surface area contributed by atoms with Crippen molar-refractivity contribution < 1.29 is 0 Å². The van der Waals surface area contributed by atoms with E-state index in [-0.39, 0.29) is 0 Å². The summed E-state index contributed by atoms with van der Waals surface area (Å²) in [7, 11) is 2.58. The van der Waals surface area contributed by atoms with Crippen LogP contribution < -0.4 is 0 Å². The second kappa shape index (κ2) is 138. The average Bonchev–Trinajstić information content (AvgIpc) is 2.27. The first-order valence-corrected chi connectivity index (χ1v) is 6.85. The molecule has 0 amide bonds. The topological polar surface area (TPSA) is 0 Å². The third-order valence-electron chi connectivity index (χ3n) is 0.500. The van der Waals surface area contributed by atoms with E-state index in [1.165, 1.54) is 19.0 Å². The second-order valence-electron chi connectivity index (χ2n) is 1.41. The molecular formula is C12H35P. The molecule has 0 aliphatic rings. The van der Waals surface area contributed by atoms with Crippen LogP contribution >= 0.6 is 9.24 Å². The Bertz CT molecular complexity index is 12.6. The van der Waals surface area contributed by atoms with Crippen molar-refractivity contribution in [2.45, 2.75) is 75.2 Å². The SMILES string of the molecule is CC.CC.CC.CCCC.CCP. The van der Waals surface area contributed by atoms with Crippen molar-refractivity contribution in [2.24, 2.45) is 0 Å². The van der Waals surface area contributed by atoms with Crippen LogP contribution in [0, 0.1) is 0 Å². The maximum Gasteiger partial charge on any atom is -0.0410 e. The van der Waals surface area contributed by atoms with Gasteiger partial charge in [-0.15, -0.1) is 9.24 Å². The Kier molecular flexibility index (Phi) is 310. The van der Waals surface area contributed by atoms with Crippen molar-refractivity contribution in [2.75, 3.05) is 6.16 Å². The van der Waals surface area contributed by atoms with Gasteiger partial charge >= 0.3 is 0 Å². The van der Waals surface area contributed by atoms with Crippen LogP contribution in [-0.4, -0.2) is 6.16 Å². The van der Waals surface area contributed by atoms with Crippen LogP contribution in [0.3, 0.4) is 0 Å². The predicted octanol–water partition coefficient (Wildman–Crippen LogP) is 5.77. The van der Waals surface area contributed by atoms with Gasteiger partial charge in [0.15, 0.2) is 0 Å². The van der Waals surface area contributed by atoms with Gasteiger partial charge in [-0.3, -0.25) is 0 Å². The van der Waals surface area contributed by atoms with Gasteiger partial charge in [-0.25, -0.2) is 0 Å². The third kappa shape index (κ3) is 661. The molecule has 0 aromatic heterocycles. The van der Waals surface area contributed by atoms with Gasteiger partial charge in [0, 0.05) is 0 Å². The Labute approximate surface area is 91.1 Å². The maximum atomic E-state index is 2.58. The summed E-state index contributed by atoms with van der Waals surface area (Å²) < 4.78 is 0. The Hall–Kier alpha value is 0.430. The zero-order valence-electron chi connectivity index (χ0n) is 11.7. The van der Waals surface area contributed by atoms with Crippen molar-refractivity contribution in [3.05, 3.63) is 0 Å². The summed E-state index contributed by atoms with van der Waals surface area (Å²) in [5.41, 5.74) is 0. The average molecular weight is 210 g/mol. The molecule has 0 rings (SSSR count). The van der Waals surface area contributed by atoms with Crippen LogP contribution in [0.2, 0.25) is 0 Å². The van der Waals surface area contributed by atoms with Crippen LogP contribution in [0.1, 0.15) is 75.2 Å². The molecule has 0 fully saturated rings. The Morgan fingerprint density at radius 3 is 0.692 bits per heavy atom. The van der Waals surface area contributed by atoms with E-state index in [2.05, 4.69) is 30.0 Å². The van der Waals surface area contributed by atoms with Crippen molar-refractivity contribution in [3.8, 4) is 0 Å². The van der Waals surface area contributed by atoms with Crippen LogP contribution in [-0.2, 0) is 0 Å². The van der Waals surface area contributed by atoms with E-state index in [1.54, 1.807) is 0 Å². The van der Waals surface area contributed by atoms with E-state index in [0.717, 1.165) is 0 Å². The van der Waals surface area contributed by atoms with Gasteiger partial charge in [0.05, 0.1) is 0 Å². The van der Waals surface area contributed by atoms with E-state index in [9.17, 15) is 0 Å². The zero-order chi connectivity index (χ0) is 12.1. The molecule has 0 aliphatic carbocycles. The fraction of sp³-hybridized carbons (Fsp3) is 1.00. The summed E-state index contributed by atoms with van der Waals surface area (Å²) in [5, 5.41) is 0. The van der Waals surface area contributed by atoms with Gasteiger partial charge in [-0.2, -0.15) is 0 Å². The summed E-state index contributed by atoms with van der Waals surface area (Å²) in [5.74, 6) is 0. The standard InChI is InChI=1S/C4H10.C2H7P.3C2H6/c1-3-4-2;1-2-3;3*1-2/h3-4H2,1-2H3;2-3H2,1H3;3*1-2H3. The normalized spacial score (nSPS) is 5.08. The molecule has 0 radical (unpaired) electrons. The highest BCUT2D eigenvalue weighted by molar-refractivity contribution is 7.16. The zero-order valence-corrected chi connectivity index (χ0v) is 12.9. The summed E-state index contributed by atoms with van der Waals surface area (Å²) in [4.78, 5) is 0. The molecule has 0 N–H and O–H groups in total. The fourth-order valence-corrected chi connectivity index (χ4v) is 0. The molecule has 0 aromatic rings. The minimum Gasteiger partial charge on any atom is -0.138 e. The van der Waals surface area contributed by atoms with E-state index in [1.807, 2.05) is 41.5 Å². The highest BCUT2D eigenvalue weighted by Gasteiger charge is 1.56. The first kappa shape index (κ1) is 29.2. The van der Waals surface area contributed by atoms with Crippen molar-refractivity contribution in [1.29, 1.82) is 0 Å². The quantitative estimate of drug-likeness (QED) is 0.482. The van der Waals surface area contributed by atoms with E-state index in [0.29, 0.717) is 0 Å². The lowest BCUT2D eigenvalue weighted by Crippen LogP contribution is -1.47. The Balaban J connectivity index is -0.0000000215. The first-order valence-electron chi connectivity index (χ1n) is 6.03. The summed E-state index contributed by atoms with van der Waals surface area (Å²) in [6.45, 7) is 18.4. The van der Waals surface area contributed by atoms with Gasteiger partial charge in [0.25, 0.3) is 0 Å². The van der Waals surface area contributed by atoms with Crippen molar-refractivity contribution >= 4 is 9.24 Å². The molecule has 0 saturated carbocycles. The number of hydrogen-bond donors (Lipinski definition) is 0. The van der Waals surface area contributed by atoms with Crippen LogP contribution in [0.4, 0.5) is 0 Å². The molecule has 0 spiro atoms. The van der Waals surface area contributed by atoms with Crippen molar-refractivity contribution in [3.63, 3.8) is 0 Å². The van der Waals surface area contributed by atoms with Gasteiger partial charge in [-0.1, -0.05) is 75.2 Å². The number of rotatable bonds is 1. The fourth-order valence-electron chi connectivity index (χ4n) is 0. The third-order valence-corrected chi connectivity index (χ3v) is 0.500. The molecule has 1 unspecified atom stereocenters. The highest BCUT2D eigenvalue weighted by atomic mass is 31.0. The van der Waals surface area contributed by atoms with Crippen LogP contribution in [0.15, 0.2) is 0 Å². The summed E-state index contributed by atoms with van der Waals surface area (Å²) in [6, 6.07) is 0. The van der Waals surface area contributed by atoms with Crippen LogP contribution in [0.5, 0.6) is 0 Å². The van der Waals surface area contributed by atoms with E-state index in [4.69, 9.17) is 0 Å². The monoisotopic (exact) mass is 210 g/mol. The second-order valence-corrected chi connectivity index (χ2v) is 2.22. The molecule has 0 aliphatic heterocycles. The lowest BCUT2D eigenvalue weighted by molar-refractivity contribution is 0.886. The largest absolute Gasteiger partial charge is 0.138 e. The molecule has 0 nitrogen and oxygen atoms in total. The molecule has 0 heterocycles. The molecule has 1 atom stereocenters. The number of unbranched alkanes of at least 4 members (excludes halogenated alkanes) is 1. The first-order chi connectivity index (χ1) is 6.33. The van der Waals surface area contributed by atoms with E-state index < -0.39 is 0 Å². The summed E-state index contributed by atoms with van der Waals surface area (Å²) in [6.07, 6.45) is 3.81. The van der Waals surface area contributed by atoms with Crippen molar-refractivity contribution in [1.82, 2.24) is 0 Å². The predicted molar refractivity (Wildman–Crippen MR) is 74.9 cm³/mol. The lowest BCUT2D eigenvalue weighted by Gasteiger charge is -1.68. The van der Waals surface area contributed by atoms with Crippen LogP contribution in [0.25, 0.3) is 0 Å². The van der Waals surface area contributed by atoms with Gasteiger partial charge in [0.1, 0.15) is 0 Å². The molecule has 13 heavy (non-hydrogen) atoms. The smallest absolute Gasteiger partial charge is 0.0410 e. The van der Waals surface area contributed by atoms with Gasteiger partial charge < -0.3 is 0 Å². The van der Waals surface area contributed by atoms with Gasteiger partial charge in [-0.05, 0) is 6.16 Å². The van der Waals surface area contributed by atoms with Gasteiger partial charge in [0.2, 0.25) is 0 Å². The molecule has 0 saturated heterocycles.